The number of hydrogen-bond donors (Lipinski definition) is 0. The molecule has 0 aliphatic rings. The second kappa shape index (κ2) is 7.11. The first-order chi connectivity index (χ1) is 10.3. The van der Waals surface area contributed by atoms with Gasteiger partial charge in [0.1, 0.15) is 17.7 Å². The number of anilines is 1. The van der Waals surface area contributed by atoms with Gasteiger partial charge in [-0.05, 0) is 25.0 Å². The molecule has 0 fully saturated rings. The number of ether oxygens (including phenoxy) is 2. The van der Waals surface area contributed by atoms with Gasteiger partial charge in [0, 0.05) is 18.5 Å². The van der Waals surface area contributed by atoms with Crippen molar-refractivity contribution in [1.29, 1.82) is 0 Å². The molecule has 1 heterocycles. The van der Waals surface area contributed by atoms with E-state index in [1.807, 2.05) is 12.1 Å². The van der Waals surface area contributed by atoms with Crippen molar-refractivity contribution in [1.82, 2.24) is 9.97 Å². The molecule has 0 N–H and O–H groups in total. The van der Waals surface area contributed by atoms with Gasteiger partial charge in [0.05, 0.1) is 14.2 Å². The summed E-state index contributed by atoms with van der Waals surface area (Å²) in [7, 11) is 3.27. The first-order valence-electron chi connectivity index (χ1n) is 7.37. The normalized spacial score (nSPS) is 10.7. The van der Waals surface area contributed by atoms with E-state index in [9.17, 15) is 0 Å². The molecule has 114 valence electrons. The van der Waals surface area contributed by atoms with E-state index < -0.39 is 0 Å². The van der Waals surface area contributed by atoms with Gasteiger partial charge in [-0.25, -0.2) is 9.97 Å². The highest BCUT2D eigenvalue weighted by atomic mass is 16.5. The summed E-state index contributed by atoms with van der Waals surface area (Å²) in [5.74, 6) is 2.31. The van der Waals surface area contributed by atoms with Crippen molar-refractivity contribution in [3.8, 4) is 11.5 Å². The average molecular weight is 289 g/mol. The summed E-state index contributed by atoms with van der Waals surface area (Å²) in [5.41, 5.74) is 0.791. The summed E-state index contributed by atoms with van der Waals surface area (Å²) in [5, 5.41) is 0.997. The third-order valence-electron chi connectivity index (χ3n) is 3.41. The number of rotatable bonds is 7. The molecule has 0 aliphatic carbocycles. The zero-order valence-corrected chi connectivity index (χ0v) is 13.2. The molecule has 0 saturated heterocycles. The van der Waals surface area contributed by atoms with Gasteiger partial charge in [0.15, 0.2) is 11.5 Å². The standard InChI is InChI=1S/C16H23N3O2/c1-5-9-19(10-6-2)16-12-7-8-13(20-3)15(21-4)14(12)17-11-18-16/h7-8,11H,5-6,9-10H2,1-4H3. The van der Waals surface area contributed by atoms with Gasteiger partial charge in [0.2, 0.25) is 0 Å². The van der Waals surface area contributed by atoms with Gasteiger partial charge in [-0.3, -0.25) is 0 Å². The van der Waals surface area contributed by atoms with Crippen molar-refractivity contribution >= 4 is 16.7 Å². The van der Waals surface area contributed by atoms with Gasteiger partial charge >= 0.3 is 0 Å². The summed E-state index contributed by atoms with van der Waals surface area (Å²) in [4.78, 5) is 11.2. The van der Waals surface area contributed by atoms with Crippen LogP contribution in [0.4, 0.5) is 5.82 Å². The second-order valence-corrected chi connectivity index (χ2v) is 4.88. The van der Waals surface area contributed by atoms with Crippen LogP contribution in [0.15, 0.2) is 18.5 Å². The zero-order valence-electron chi connectivity index (χ0n) is 13.2. The maximum absolute atomic E-state index is 5.47. The van der Waals surface area contributed by atoms with E-state index >= 15 is 0 Å². The molecule has 1 aromatic carbocycles. The SMILES string of the molecule is CCCN(CCC)c1ncnc2c(OC)c(OC)ccc12. The number of fused-ring (bicyclic) bond motifs is 1. The number of methoxy groups -OCH3 is 2. The van der Waals surface area contributed by atoms with E-state index in [-0.39, 0.29) is 0 Å². The topological polar surface area (TPSA) is 47.5 Å². The van der Waals surface area contributed by atoms with Crippen LogP contribution < -0.4 is 14.4 Å². The van der Waals surface area contributed by atoms with E-state index in [0.717, 1.165) is 42.7 Å². The molecule has 0 atom stereocenters. The predicted octanol–water partition coefficient (Wildman–Crippen LogP) is 3.27. The number of nitrogens with zero attached hydrogens (tertiary/aromatic N) is 3. The Hall–Kier alpha value is -2.04. The Labute approximate surface area is 125 Å². The molecular formula is C16H23N3O2. The maximum Gasteiger partial charge on any atom is 0.187 e. The largest absolute Gasteiger partial charge is 0.493 e. The van der Waals surface area contributed by atoms with Crippen LogP contribution in [-0.2, 0) is 0 Å². The third kappa shape index (κ3) is 3.01. The fourth-order valence-electron chi connectivity index (χ4n) is 2.55. The van der Waals surface area contributed by atoms with Crippen molar-refractivity contribution in [2.24, 2.45) is 0 Å². The van der Waals surface area contributed by atoms with Crippen molar-refractivity contribution in [2.75, 3.05) is 32.2 Å². The fourth-order valence-corrected chi connectivity index (χ4v) is 2.55. The minimum absolute atomic E-state index is 0.659. The second-order valence-electron chi connectivity index (χ2n) is 4.88. The average Bonchev–Trinajstić information content (AvgIpc) is 2.52. The van der Waals surface area contributed by atoms with Crippen LogP contribution in [0, 0.1) is 0 Å². The van der Waals surface area contributed by atoms with E-state index in [1.165, 1.54) is 0 Å². The molecule has 0 spiro atoms. The Bertz CT molecular complexity index is 595. The van der Waals surface area contributed by atoms with E-state index in [4.69, 9.17) is 9.47 Å². The van der Waals surface area contributed by atoms with Gasteiger partial charge in [-0.1, -0.05) is 13.8 Å². The lowest BCUT2D eigenvalue weighted by molar-refractivity contribution is 0.358. The van der Waals surface area contributed by atoms with Gasteiger partial charge in [0.25, 0.3) is 0 Å². The number of hydrogen-bond acceptors (Lipinski definition) is 5. The highest BCUT2D eigenvalue weighted by Gasteiger charge is 2.16. The summed E-state index contributed by atoms with van der Waals surface area (Å²) >= 11 is 0. The van der Waals surface area contributed by atoms with Crippen molar-refractivity contribution < 1.29 is 9.47 Å². The molecule has 21 heavy (non-hydrogen) atoms. The Kier molecular flexibility index (Phi) is 5.20. The molecule has 0 unspecified atom stereocenters. The summed E-state index contributed by atoms with van der Waals surface area (Å²) < 4.78 is 10.8. The van der Waals surface area contributed by atoms with Gasteiger partial charge in [-0.2, -0.15) is 0 Å². The summed E-state index contributed by atoms with van der Waals surface area (Å²) in [6.45, 7) is 6.31. The Balaban J connectivity index is 2.60. The minimum atomic E-state index is 0.659. The van der Waals surface area contributed by atoms with Crippen LogP contribution in [0.2, 0.25) is 0 Å². The summed E-state index contributed by atoms with van der Waals surface area (Å²) in [6, 6.07) is 3.91. The van der Waals surface area contributed by atoms with E-state index in [2.05, 4.69) is 28.7 Å². The third-order valence-corrected chi connectivity index (χ3v) is 3.41. The van der Waals surface area contributed by atoms with Crippen molar-refractivity contribution in [3.05, 3.63) is 18.5 Å². The van der Waals surface area contributed by atoms with E-state index in [0.29, 0.717) is 11.5 Å². The highest BCUT2D eigenvalue weighted by Crippen LogP contribution is 2.36. The fraction of sp³-hybridized carbons (Fsp3) is 0.500. The molecule has 5 nitrogen and oxygen atoms in total. The maximum atomic E-state index is 5.47. The van der Waals surface area contributed by atoms with Crippen LogP contribution in [0.5, 0.6) is 11.5 Å². The van der Waals surface area contributed by atoms with Crippen LogP contribution >= 0.6 is 0 Å². The monoisotopic (exact) mass is 289 g/mol. The number of aromatic nitrogens is 2. The molecule has 5 heteroatoms. The van der Waals surface area contributed by atoms with E-state index in [1.54, 1.807) is 20.5 Å². The Morgan fingerprint density at radius 3 is 2.29 bits per heavy atom. The van der Waals surface area contributed by atoms with Crippen LogP contribution in [0.3, 0.4) is 0 Å². The highest BCUT2D eigenvalue weighted by molar-refractivity contribution is 5.95. The van der Waals surface area contributed by atoms with Crippen LogP contribution in [-0.4, -0.2) is 37.3 Å². The molecule has 2 aromatic rings. The smallest absolute Gasteiger partial charge is 0.187 e. The molecule has 2 rings (SSSR count). The minimum Gasteiger partial charge on any atom is -0.493 e. The molecular weight excluding hydrogens is 266 g/mol. The first-order valence-corrected chi connectivity index (χ1v) is 7.37. The molecule has 0 saturated carbocycles. The Morgan fingerprint density at radius 2 is 1.71 bits per heavy atom. The Morgan fingerprint density at radius 1 is 1.00 bits per heavy atom. The lowest BCUT2D eigenvalue weighted by Gasteiger charge is -2.24. The number of benzene rings is 1. The first kappa shape index (κ1) is 15.4. The van der Waals surface area contributed by atoms with Gasteiger partial charge < -0.3 is 14.4 Å². The van der Waals surface area contributed by atoms with Crippen molar-refractivity contribution in [3.63, 3.8) is 0 Å². The van der Waals surface area contributed by atoms with Gasteiger partial charge in [-0.15, -0.1) is 0 Å². The quantitative estimate of drug-likeness (QED) is 0.783. The molecule has 0 aliphatic heterocycles. The zero-order chi connectivity index (χ0) is 15.2. The molecule has 1 aromatic heterocycles. The molecule has 0 bridgehead atoms. The molecule has 0 radical (unpaired) electrons. The molecule has 0 amide bonds. The van der Waals surface area contributed by atoms with Crippen LogP contribution in [0.1, 0.15) is 26.7 Å². The van der Waals surface area contributed by atoms with Crippen LogP contribution in [0.25, 0.3) is 10.9 Å². The van der Waals surface area contributed by atoms with Crippen molar-refractivity contribution in [2.45, 2.75) is 26.7 Å². The lowest BCUT2D eigenvalue weighted by atomic mass is 10.2. The summed E-state index contributed by atoms with van der Waals surface area (Å²) in [6.07, 6.45) is 3.76. The lowest BCUT2D eigenvalue weighted by Crippen LogP contribution is -2.26. The predicted molar refractivity (Wildman–Crippen MR) is 85.4 cm³/mol.